The van der Waals surface area contributed by atoms with E-state index < -0.39 is 29.2 Å². The molecular formula is C23H36O7. The van der Waals surface area contributed by atoms with Gasteiger partial charge in [0.25, 0.3) is 0 Å². The predicted octanol–water partition coefficient (Wildman–Crippen LogP) is 2.83. The minimum Gasteiger partial charge on any atom is -0.466 e. The zero-order valence-electron chi connectivity index (χ0n) is 18.8. The van der Waals surface area contributed by atoms with Gasteiger partial charge < -0.3 is 24.4 Å². The molecule has 7 heteroatoms. The van der Waals surface area contributed by atoms with Crippen LogP contribution in [0.3, 0.4) is 0 Å². The van der Waals surface area contributed by atoms with Crippen LogP contribution < -0.4 is 0 Å². The minimum absolute atomic E-state index is 0.0596. The van der Waals surface area contributed by atoms with Gasteiger partial charge in [0.05, 0.1) is 30.0 Å². The van der Waals surface area contributed by atoms with Crippen LogP contribution in [-0.4, -0.2) is 58.3 Å². The molecule has 30 heavy (non-hydrogen) atoms. The normalized spacial score (nSPS) is 41.0. The maximum absolute atomic E-state index is 12.1. The van der Waals surface area contributed by atoms with Gasteiger partial charge in [-0.3, -0.25) is 4.79 Å². The van der Waals surface area contributed by atoms with Gasteiger partial charge in [0.2, 0.25) is 0 Å². The summed E-state index contributed by atoms with van der Waals surface area (Å²) in [4.78, 5) is 23.7. The van der Waals surface area contributed by atoms with Gasteiger partial charge in [-0.15, -0.1) is 0 Å². The number of rotatable bonds is 3. The van der Waals surface area contributed by atoms with Crippen LogP contribution in [0.4, 0.5) is 0 Å². The molecule has 0 spiro atoms. The lowest BCUT2D eigenvalue weighted by Gasteiger charge is -2.35. The van der Waals surface area contributed by atoms with Gasteiger partial charge >= 0.3 is 11.9 Å². The Labute approximate surface area is 179 Å². The fourth-order valence-electron chi connectivity index (χ4n) is 4.14. The SMILES string of the molecule is C=C(C(=O)OC)[C@@H]1CC[C@@](C)(O)[C@H](OC(C)=O)CC[C@@](C)(O)/C=C/C[C@]2(C)O[C@H]2C1. The number of epoxide rings is 1. The van der Waals surface area contributed by atoms with Crippen molar-refractivity contribution in [2.45, 2.75) is 95.2 Å². The molecule has 0 unspecified atom stereocenters. The van der Waals surface area contributed by atoms with E-state index in [1.54, 1.807) is 19.9 Å². The highest BCUT2D eigenvalue weighted by atomic mass is 16.6. The smallest absolute Gasteiger partial charge is 0.333 e. The summed E-state index contributed by atoms with van der Waals surface area (Å²) in [5.41, 5.74) is -2.44. The molecule has 0 amide bonds. The fraction of sp³-hybridized carbons (Fsp3) is 0.739. The second-order valence-corrected chi connectivity index (χ2v) is 9.36. The maximum Gasteiger partial charge on any atom is 0.333 e. The summed E-state index contributed by atoms with van der Waals surface area (Å²) < 4.78 is 16.2. The van der Waals surface area contributed by atoms with Crippen molar-refractivity contribution >= 4 is 11.9 Å². The van der Waals surface area contributed by atoms with Crippen LogP contribution >= 0.6 is 0 Å². The second kappa shape index (κ2) is 9.20. The lowest BCUT2D eigenvalue weighted by atomic mass is 9.80. The average Bonchev–Trinajstić information content (AvgIpc) is 3.28. The van der Waals surface area contributed by atoms with E-state index in [1.165, 1.54) is 14.0 Å². The molecule has 0 aromatic rings. The molecule has 2 rings (SSSR count). The van der Waals surface area contributed by atoms with E-state index in [0.717, 1.165) is 0 Å². The summed E-state index contributed by atoms with van der Waals surface area (Å²) in [5, 5.41) is 21.8. The number of fused-ring (bicyclic) bond motifs is 1. The molecule has 1 fully saturated rings. The van der Waals surface area contributed by atoms with Gasteiger partial charge in [-0.25, -0.2) is 4.79 Å². The van der Waals surface area contributed by atoms with E-state index in [-0.39, 0.29) is 24.0 Å². The van der Waals surface area contributed by atoms with Crippen molar-refractivity contribution in [3.05, 3.63) is 24.3 Å². The van der Waals surface area contributed by atoms with E-state index >= 15 is 0 Å². The third-order valence-corrected chi connectivity index (χ3v) is 6.39. The first-order valence-corrected chi connectivity index (χ1v) is 10.5. The molecular weight excluding hydrogens is 388 g/mol. The first kappa shape index (κ1) is 24.6. The fourth-order valence-corrected chi connectivity index (χ4v) is 4.14. The molecule has 0 bridgehead atoms. The van der Waals surface area contributed by atoms with Crippen LogP contribution in [0, 0.1) is 5.92 Å². The predicted molar refractivity (Wildman–Crippen MR) is 112 cm³/mol. The molecule has 2 N–H and O–H groups in total. The van der Waals surface area contributed by atoms with E-state index in [9.17, 15) is 19.8 Å². The number of carbonyl (C=O) groups is 2. The van der Waals surface area contributed by atoms with E-state index in [4.69, 9.17) is 14.2 Å². The Hall–Kier alpha value is -1.70. The molecule has 0 aromatic heterocycles. The number of hydrogen-bond acceptors (Lipinski definition) is 7. The topological polar surface area (TPSA) is 106 Å². The lowest BCUT2D eigenvalue weighted by molar-refractivity contribution is -0.164. The first-order chi connectivity index (χ1) is 13.8. The van der Waals surface area contributed by atoms with Crippen LogP contribution in [0.2, 0.25) is 0 Å². The van der Waals surface area contributed by atoms with Crippen molar-refractivity contribution in [3.8, 4) is 0 Å². The third kappa shape index (κ3) is 6.40. The summed E-state index contributed by atoms with van der Waals surface area (Å²) in [6, 6.07) is 0. The van der Waals surface area contributed by atoms with Gasteiger partial charge in [0.15, 0.2) is 0 Å². The number of methoxy groups -OCH3 is 1. The number of esters is 2. The lowest BCUT2D eigenvalue weighted by Crippen LogP contribution is -2.43. The maximum atomic E-state index is 12.1. The summed E-state index contributed by atoms with van der Waals surface area (Å²) in [5.74, 6) is -1.20. The Morgan fingerprint density at radius 3 is 2.43 bits per heavy atom. The number of ether oxygens (including phenoxy) is 3. The van der Waals surface area contributed by atoms with Crippen molar-refractivity contribution in [1.29, 1.82) is 0 Å². The molecule has 6 atom stereocenters. The molecule has 1 heterocycles. The second-order valence-electron chi connectivity index (χ2n) is 9.36. The van der Waals surface area contributed by atoms with Gasteiger partial charge in [-0.05, 0) is 65.2 Å². The molecule has 0 aromatic carbocycles. The van der Waals surface area contributed by atoms with Crippen LogP contribution in [0.15, 0.2) is 24.3 Å². The molecule has 1 aliphatic carbocycles. The Balaban J connectivity index is 2.30. The molecule has 2 aliphatic rings. The molecule has 1 saturated heterocycles. The highest BCUT2D eigenvalue weighted by Crippen LogP contribution is 2.45. The molecule has 0 radical (unpaired) electrons. The summed E-state index contributed by atoms with van der Waals surface area (Å²) in [6.45, 7) is 10.5. The van der Waals surface area contributed by atoms with Gasteiger partial charge in [-0.1, -0.05) is 18.7 Å². The van der Waals surface area contributed by atoms with Crippen LogP contribution in [0.1, 0.15) is 66.2 Å². The van der Waals surface area contributed by atoms with Gasteiger partial charge in [0, 0.05) is 12.5 Å². The zero-order valence-corrected chi connectivity index (χ0v) is 18.8. The summed E-state index contributed by atoms with van der Waals surface area (Å²) in [7, 11) is 1.32. The van der Waals surface area contributed by atoms with Crippen LogP contribution in [0.5, 0.6) is 0 Å². The molecule has 170 valence electrons. The minimum atomic E-state index is -1.34. The van der Waals surface area contributed by atoms with E-state index in [0.29, 0.717) is 37.7 Å². The van der Waals surface area contributed by atoms with Crippen molar-refractivity contribution < 1.29 is 34.0 Å². The zero-order chi connectivity index (χ0) is 22.7. The first-order valence-electron chi connectivity index (χ1n) is 10.5. The summed E-state index contributed by atoms with van der Waals surface area (Å²) in [6.07, 6.45) is 5.35. The Bertz CT molecular complexity index is 694. The highest BCUT2D eigenvalue weighted by Gasteiger charge is 2.52. The van der Waals surface area contributed by atoms with Crippen molar-refractivity contribution in [1.82, 2.24) is 0 Å². The van der Waals surface area contributed by atoms with E-state index in [1.807, 2.05) is 13.0 Å². The molecule has 0 saturated carbocycles. The number of carbonyl (C=O) groups excluding carboxylic acids is 2. The number of hydrogen-bond donors (Lipinski definition) is 2. The Kier molecular flexibility index (Phi) is 7.54. The van der Waals surface area contributed by atoms with Gasteiger partial charge in [0.1, 0.15) is 6.10 Å². The standard InChI is InChI=1S/C23H36O7/c1-15(20(25)28-6)17-8-13-22(4,27)18(29-16(2)24)9-12-21(3,26)10-7-11-23(5)19(14-17)30-23/h7,10,17-19,26-27H,1,8-9,11-14H2,2-6H3/b10-7+/t17-,18-,19+,21+,22-,23+/m1/s1. The van der Waals surface area contributed by atoms with Crippen LogP contribution in [-0.2, 0) is 23.8 Å². The Morgan fingerprint density at radius 2 is 1.83 bits per heavy atom. The quantitative estimate of drug-likeness (QED) is 0.311. The monoisotopic (exact) mass is 424 g/mol. The van der Waals surface area contributed by atoms with Crippen LogP contribution in [0.25, 0.3) is 0 Å². The molecule has 1 aliphatic heterocycles. The molecule has 7 nitrogen and oxygen atoms in total. The largest absolute Gasteiger partial charge is 0.466 e. The van der Waals surface area contributed by atoms with Crippen molar-refractivity contribution in [2.75, 3.05) is 7.11 Å². The summed E-state index contributed by atoms with van der Waals surface area (Å²) >= 11 is 0. The van der Waals surface area contributed by atoms with Crippen molar-refractivity contribution in [2.24, 2.45) is 5.92 Å². The number of aliphatic hydroxyl groups is 2. The van der Waals surface area contributed by atoms with E-state index in [2.05, 4.69) is 6.58 Å². The Morgan fingerprint density at radius 1 is 1.17 bits per heavy atom. The highest BCUT2D eigenvalue weighted by molar-refractivity contribution is 5.88. The van der Waals surface area contributed by atoms with Crippen molar-refractivity contribution in [3.63, 3.8) is 0 Å². The average molecular weight is 425 g/mol. The van der Waals surface area contributed by atoms with Gasteiger partial charge in [-0.2, -0.15) is 0 Å². The third-order valence-electron chi connectivity index (χ3n) is 6.39.